The fourth-order valence-corrected chi connectivity index (χ4v) is 2.44. The second kappa shape index (κ2) is 7.91. The van der Waals surface area contributed by atoms with Gasteiger partial charge in [-0.25, -0.2) is 0 Å². The van der Waals surface area contributed by atoms with Gasteiger partial charge >= 0.3 is 0 Å². The zero-order valence-electron chi connectivity index (χ0n) is 12.9. The minimum atomic E-state index is 0.275. The highest BCUT2D eigenvalue weighted by atomic mass is 15.2. The maximum Gasteiger partial charge on any atom is 0.0404 e. The number of rotatable bonds is 7. The number of nitrogens with one attached hydrogen (secondary N) is 1. The monoisotopic (exact) mass is 283 g/mol. The highest BCUT2D eigenvalue weighted by Crippen LogP contribution is 2.16. The summed E-state index contributed by atoms with van der Waals surface area (Å²) in [5.41, 5.74) is 6.75. The van der Waals surface area contributed by atoms with E-state index in [0.29, 0.717) is 5.92 Å². The van der Waals surface area contributed by atoms with Crippen molar-refractivity contribution in [3.8, 4) is 0 Å². The largest absolute Gasteiger partial charge is 0.271 e. The van der Waals surface area contributed by atoms with Crippen LogP contribution in [-0.2, 0) is 12.8 Å². The van der Waals surface area contributed by atoms with Gasteiger partial charge in [0.15, 0.2) is 0 Å². The van der Waals surface area contributed by atoms with Gasteiger partial charge in [-0.2, -0.15) is 0 Å². The van der Waals surface area contributed by atoms with Crippen LogP contribution in [0.2, 0.25) is 0 Å². The lowest BCUT2D eigenvalue weighted by Gasteiger charge is -2.16. The summed E-state index contributed by atoms with van der Waals surface area (Å²) in [5, 5.41) is 0. The zero-order chi connectivity index (χ0) is 15.1. The smallest absolute Gasteiger partial charge is 0.0404 e. The molecular formula is C18H25N3. The van der Waals surface area contributed by atoms with Crippen LogP contribution in [0, 0.1) is 0 Å². The van der Waals surface area contributed by atoms with Crippen LogP contribution >= 0.6 is 0 Å². The molecule has 21 heavy (non-hydrogen) atoms. The summed E-state index contributed by atoms with van der Waals surface area (Å²) in [5.74, 6) is 6.27. The summed E-state index contributed by atoms with van der Waals surface area (Å²) >= 11 is 0. The Kier molecular flexibility index (Phi) is 5.90. The molecule has 0 radical (unpaired) electrons. The molecule has 3 nitrogen and oxygen atoms in total. The maximum absolute atomic E-state index is 5.69. The molecule has 1 aromatic carbocycles. The van der Waals surface area contributed by atoms with Gasteiger partial charge in [-0.15, -0.1) is 0 Å². The molecule has 0 amide bonds. The van der Waals surface area contributed by atoms with Crippen molar-refractivity contribution in [1.82, 2.24) is 10.4 Å². The molecule has 0 saturated carbocycles. The predicted molar refractivity (Wildman–Crippen MR) is 87.9 cm³/mol. The lowest BCUT2D eigenvalue weighted by Crippen LogP contribution is -2.37. The summed E-state index contributed by atoms with van der Waals surface area (Å²) in [6.45, 7) is 4.43. The van der Waals surface area contributed by atoms with E-state index in [4.69, 9.17) is 5.84 Å². The third kappa shape index (κ3) is 4.96. The highest BCUT2D eigenvalue weighted by Gasteiger charge is 2.09. The van der Waals surface area contributed by atoms with Gasteiger partial charge in [-0.05, 0) is 48.4 Å². The quantitative estimate of drug-likeness (QED) is 0.606. The molecule has 0 spiro atoms. The summed E-state index contributed by atoms with van der Waals surface area (Å²) in [4.78, 5) is 4.35. The highest BCUT2D eigenvalue weighted by molar-refractivity contribution is 5.25. The lowest BCUT2D eigenvalue weighted by molar-refractivity contribution is 0.489. The van der Waals surface area contributed by atoms with Crippen LogP contribution in [0.5, 0.6) is 0 Å². The standard InChI is InChI=1S/C18H25N3/c1-14(2)16-8-6-15(7-9-16)13-18(21-19)11-10-17-5-3-4-12-20-17/h3-9,12,14,18,21H,10-11,13,19H2,1-2H3. The third-order valence-corrected chi connectivity index (χ3v) is 3.84. The molecular weight excluding hydrogens is 258 g/mol. The first-order chi connectivity index (χ1) is 10.2. The van der Waals surface area contributed by atoms with Crippen molar-refractivity contribution in [3.05, 3.63) is 65.5 Å². The van der Waals surface area contributed by atoms with Gasteiger partial charge in [-0.1, -0.05) is 44.2 Å². The molecule has 3 heteroatoms. The van der Waals surface area contributed by atoms with Crippen LogP contribution in [0.25, 0.3) is 0 Å². The number of benzene rings is 1. The van der Waals surface area contributed by atoms with E-state index in [9.17, 15) is 0 Å². The van der Waals surface area contributed by atoms with E-state index in [1.165, 1.54) is 11.1 Å². The Morgan fingerprint density at radius 1 is 1.10 bits per heavy atom. The van der Waals surface area contributed by atoms with Crippen molar-refractivity contribution >= 4 is 0 Å². The van der Waals surface area contributed by atoms with Gasteiger partial charge in [0, 0.05) is 17.9 Å². The molecule has 1 heterocycles. The van der Waals surface area contributed by atoms with Crippen LogP contribution in [-0.4, -0.2) is 11.0 Å². The SMILES string of the molecule is CC(C)c1ccc(CC(CCc2ccccn2)NN)cc1. The lowest BCUT2D eigenvalue weighted by atomic mass is 9.97. The van der Waals surface area contributed by atoms with Crippen molar-refractivity contribution in [1.29, 1.82) is 0 Å². The van der Waals surface area contributed by atoms with Crippen LogP contribution in [0.1, 0.15) is 43.0 Å². The number of aromatic nitrogens is 1. The molecule has 112 valence electrons. The van der Waals surface area contributed by atoms with Gasteiger partial charge < -0.3 is 0 Å². The molecule has 1 aromatic heterocycles. The molecule has 3 N–H and O–H groups in total. The Labute approximate surface area is 127 Å². The molecule has 1 atom stereocenters. The number of hydrazine groups is 1. The molecule has 0 fully saturated rings. The van der Waals surface area contributed by atoms with E-state index in [1.807, 2.05) is 18.3 Å². The van der Waals surface area contributed by atoms with Crippen molar-refractivity contribution < 1.29 is 0 Å². The fourth-order valence-electron chi connectivity index (χ4n) is 2.44. The first kappa shape index (κ1) is 15.7. The average Bonchev–Trinajstić information content (AvgIpc) is 2.53. The van der Waals surface area contributed by atoms with Gasteiger partial charge in [0.25, 0.3) is 0 Å². The normalized spacial score (nSPS) is 12.6. The molecule has 0 aliphatic carbocycles. The van der Waals surface area contributed by atoms with E-state index in [1.54, 1.807) is 0 Å². The van der Waals surface area contributed by atoms with Gasteiger partial charge in [0.05, 0.1) is 0 Å². The van der Waals surface area contributed by atoms with Crippen LogP contribution < -0.4 is 11.3 Å². The fraction of sp³-hybridized carbons (Fsp3) is 0.389. The molecule has 1 unspecified atom stereocenters. The summed E-state index contributed by atoms with van der Waals surface area (Å²) in [6.07, 6.45) is 4.71. The Balaban J connectivity index is 1.89. The Morgan fingerprint density at radius 3 is 2.43 bits per heavy atom. The molecule has 2 aromatic rings. The van der Waals surface area contributed by atoms with Crippen molar-refractivity contribution in [3.63, 3.8) is 0 Å². The molecule has 0 aliphatic rings. The maximum atomic E-state index is 5.69. The number of nitrogens with zero attached hydrogens (tertiary/aromatic N) is 1. The molecule has 0 aliphatic heterocycles. The summed E-state index contributed by atoms with van der Waals surface area (Å²) in [6, 6.07) is 15.2. The van der Waals surface area contributed by atoms with Crippen LogP contribution in [0.3, 0.4) is 0 Å². The molecule has 0 saturated heterocycles. The van der Waals surface area contributed by atoms with Gasteiger partial charge in [0.1, 0.15) is 0 Å². The Hall–Kier alpha value is -1.71. The topological polar surface area (TPSA) is 50.9 Å². The summed E-state index contributed by atoms with van der Waals surface area (Å²) < 4.78 is 0. The van der Waals surface area contributed by atoms with Crippen molar-refractivity contribution in [2.45, 2.75) is 45.1 Å². The van der Waals surface area contributed by atoms with Crippen molar-refractivity contribution in [2.24, 2.45) is 5.84 Å². The van der Waals surface area contributed by atoms with Gasteiger partial charge in [-0.3, -0.25) is 16.3 Å². The molecule has 0 bridgehead atoms. The van der Waals surface area contributed by atoms with E-state index in [-0.39, 0.29) is 6.04 Å². The van der Waals surface area contributed by atoms with Crippen LogP contribution in [0.4, 0.5) is 0 Å². The number of hydrogen-bond acceptors (Lipinski definition) is 3. The summed E-state index contributed by atoms with van der Waals surface area (Å²) in [7, 11) is 0. The Morgan fingerprint density at radius 2 is 1.86 bits per heavy atom. The molecule has 2 rings (SSSR count). The first-order valence-corrected chi connectivity index (χ1v) is 7.64. The zero-order valence-corrected chi connectivity index (χ0v) is 12.9. The minimum Gasteiger partial charge on any atom is -0.271 e. The third-order valence-electron chi connectivity index (χ3n) is 3.84. The Bertz CT molecular complexity index is 520. The van der Waals surface area contributed by atoms with Crippen molar-refractivity contribution in [2.75, 3.05) is 0 Å². The number of pyridine rings is 1. The predicted octanol–water partition coefficient (Wildman–Crippen LogP) is 3.21. The number of nitrogens with two attached hydrogens (primary N) is 1. The number of aryl methyl sites for hydroxylation is 1. The first-order valence-electron chi connectivity index (χ1n) is 7.64. The van der Waals surface area contributed by atoms with E-state index >= 15 is 0 Å². The van der Waals surface area contributed by atoms with Crippen LogP contribution in [0.15, 0.2) is 48.7 Å². The number of hydrogen-bond donors (Lipinski definition) is 2. The van der Waals surface area contributed by atoms with E-state index in [0.717, 1.165) is 25.0 Å². The minimum absolute atomic E-state index is 0.275. The van der Waals surface area contributed by atoms with Gasteiger partial charge in [0.2, 0.25) is 0 Å². The van der Waals surface area contributed by atoms with E-state index in [2.05, 4.69) is 54.6 Å². The van der Waals surface area contributed by atoms with E-state index < -0.39 is 0 Å². The second-order valence-corrected chi connectivity index (χ2v) is 5.82. The second-order valence-electron chi connectivity index (χ2n) is 5.82. The average molecular weight is 283 g/mol.